The molecule has 41 heavy (non-hydrogen) atoms. The lowest BCUT2D eigenvalue weighted by Gasteiger charge is -2.29. The summed E-state index contributed by atoms with van der Waals surface area (Å²) in [5.41, 5.74) is 4.06. The molecular weight excluding hydrogens is 538 g/mol. The van der Waals surface area contributed by atoms with Crippen molar-refractivity contribution < 1.29 is 9.53 Å². The van der Waals surface area contributed by atoms with Gasteiger partial charge in [0.15, 0.2) is 12.3 Å². The van der Waals surface area contributed by atoms with Crippen LogP contribution >= 0.6 is 11.6 Å². The van der Waals surface area contributed by atoms with E-state index in [1.807, 2.05) is 63.2 Å². The van der Waals surface area contributed by atoms with E-state index in [9.17, 15) is 4.79 Å². The molecule has 216 valence electrons. The Morgan fingerprint density at radius 2 is 1.93 bits per heavy atom. The molecule has 2 aromatic heterocycles. The molecule has 1 aliphatic heterocycles. The van der Waals surface area contributed by atoms with Gasteiger partial charge in [-0.05, 0) is 64.2 Å². The van der Waals surface area contributed by atoms with Crippen LogP contribution in [0.25, 0.3) is 22.6 Å². The first kappa shape index (κ1) is 28.9. The van der Waals surface area contributed by atoms with Gasteiger partial charge in [0, 0.05) is 43.3 Å². The van der Waals surface area contributed by atoms with E-state index in [2.05, 4.69) is 49.8 Å². The number of aromatic amines is 1. The van der Waals surface area contributed by atoms with E-state index in [1.165, 1.54) is 5.56 Å². The molecule has 0 radical (unpaired) electrons. The molecule has 9 nitrogen and oxygen atoms in total. The van der Waals surface area contributed by atoms with Gasteiger partial charge in [0.05, 0.1) is 16.9 Å². The number of rotatable bonds is 11. The van der Waals surface area contributed by atoms with E-state index in [0.29, 0.717) is 22.2 Å². The fourth-order valence-corrected chi connectivity index (χ4v) is 5.65. The summed E-state index contributed by atoms with van der Waals surface area (Å²) >= 11 is 6.61. The van der Waals surface area contributed by atoms with Gasteiger partial charge in [0.25, 0.3) is 5.91 Å². The van der Waals surface area contributed by atoms with Crippen LogP contribution in [-0.2, 0) is 11.3 Å². The number of benzene rings is 2. The van der Waals surface area contributed by atoms with Gasteiger partial charge in [-0.15, -0.1) is 0 Å². The Kier molecular flexibility index (Phi) is 8.77. The Morgan fingerprint density at radius 1 is 1.17 bits per heavy atom. The summed E-state index contributed by atoms with van der Waals surface area (Å²) in [6.07, 6.45) is 2.68. The Bertz CT molecular complexity index is 1470. The largest absolute Gasteiger partial charge is 0.484 e. The van der Waals surface area contributed by atoms with E-state index < -0.39 is 0 Å². The second-order valence-corrected chi connectivity index (χ2v) is 12.0. The number of imidazole rings is 1. The number of halogens is 1. The maximum atomic E-state index is 12.4. The van der Waals surface area contributed by atoms with Crippen molar-refractivity contribution in [2.24, 2.45) is 0 Å². The van der Waals surface area contributed by atoms with Crippen LogP contribution in [0.3, 0.4) is 0 Å². The highest BCUT2D eigenvalue weighted by Gasteiger charge is 2.25. The minimum atomic E-state index is -0.348. The third-order valence-electron chi connectivity index (χ3n) is 7.03. The van der Waals surface area contributed by atoms with Gasteiger partial charge in [0.1, 0.15) is 17.1 Å². The number of nitrogens with one attached hydrogen (secondary N) is 3. The summed E-state index contributed by atoms with van der Waals surface area (Å²) in [7, 11) is 3.96. The minimum absolute atomic E-state index is 0.0533. The third-order valence-corrected chi connectivity index (χ3v) is 7.32. The molecule has 0 bridgehead atoms. The highest BCUT2D eigenvalue weighted by Crippen LogP contribution is 2.32. The maximum absolute atomic E-state index is 12.4. The van der Waals surface area contributed by atoms with Crippen molar-refractivity contribution in [3.8, 4) is 17.1 Å². The smallest absolute Gasteiger partial charge is 0.258 e. The number of H-pyrrole nitrogens is 1. The van der Waals surface area contributed by atoms with Crippen LogP contribution in [0.1, 0.15) is 25.8 Å². The zero-order valence-corrected chi connectivity index (χ0v) is 24.8. The predicted molar refractivity (Wildman–Crippen MR) is 164 cm³/mol. The van der Waals surface area contributed by atoms with Crippen molar-refractivity contribution in [3.63, 3.8) is 0 Å². The zero-order chi connectivity index (χ0) is 29.0. The number of hydrogen-bond donors (Lipinski definition) is 3. The Hall–Kier alpha value is -3.66. The van der Waals surface area contributed by atoms with E-state index >= 15 is 0 Å². The summed E-state index contributed by atoms with van der Waals surface area (Å²) in [6, 6.07) is 18.3. The van der Waals surface area contributed by atoms with Crippen molar-refractivity contribution in [1.29, 1.82) is 0 Å². The van der Waals surface area contributed by atoms with E-state index in [4.69, 9.17) is 21.3 Å². The Balaban J connectivity index is 1.22. The number of likely N-dealkylation sites (N-methyl/N-ethyl adjacent to an activating group) is 1. The summed E-state index contributed by atoms with van der Waals surface area (Å²) in [4.78, 5) is 29.5. The van der Waals surface area contributed by atoms with Gasteiger partial charge >= 0.3 is 0 Å². The van der Waals surface area contributed by atoms with Crippen LogP contribution < -0.4 is 15.4 Å². The first-order valence-corrected chi connectivity index (χ1v) is 14.3. The fourth-order valence-electron chi connectivity index (χ4n) is 5.45. The monoisotopic (exact) mass is 575 g/mol. The normalized spacial score (nSPS) is 15.9. The number of pyridine rings is 1. The number of amides is 1. The Morgan fingerprint density at radius 3 is 2.66 bits per heavy atom. The lowest BCUT2D eigenvalue weighted by Crippen LogP contribution is -2.51. The number of carbonyl (C=O) groups is 1. The quantitative estimate of drug-likeness (QED) is 0.236. The van der Waals surface area contributed by atoms with Crippen LogP contribution in [0, 0.1) is 0 Å². The molecule has 1 atom stereocenters. The van der Waals surface area contributed by atoms with Gasteiger partial charge in [-0.1, -0.05) is 41.9 Å². The number of anilines is 1. The number of likely N-dealkylation sites (tertiary alicyclic amines) is 1. The lowest BCUT2D eigenvalue weighted by molar-refractivity contribution is -0.124. The highest BCUT2D eigenvalue weighted by atomic mass is 35.5. The summed E-state index contributed by atoms with van der Waals surface area (Å²) in [5, 5.41) is 7.22. The number of nitrogens with zero attached hydrogens (tertiary/aromatic N) is 4. The third kappa shape index (κ3) is 7.55. The second kappa shape index (κ2) is 12.5. The second-order valence-electron chi connectivity index (χ2n) is 11.6. The van der Waals surface area contributed by atoms with Crippen molar-refractivity contribution in [3.05, 3.63) is 71.4 Å². The molecule has 1 aliphatic rings. The van der Waals surface area contributed by atoms with Gasteiger partial charge in [-0.2, -0.15) is 0 Å². The maximum Gasteiger partial charge on any atom is 0.258 e. The molecule has 1 unspecified atom stereocenters. The first-order chi connectivity index (χ1) is 19.6. The molecule has 5 rings (SSSR count). The number of aromatic nitrogens is 3. The SMILES string of the molecule is CN(C)CC(C)(C)NC(=O)COc1ccc(-c2nc3ncc(Cl)c(NC4CCN(Cc5ccccc5)C4)c3[nH]2)cc1. The van der Waals surface area contributed by atoms with Crippen LogP contribution in [0.5, 0.6) is 5.75 Å². The molecule has 1 saturated heterocycles. The average molecular weight is 576 g/mol. The lowest BCUT2D eigenvalue weighted by atomic mass is 10.1. The number of fused-ring (bicyclic) bond motifs is 1. The summed E-state index contributed by atoms with van der Waals surface area (Å²) in [6.45, 7) is 7.55. The van der Waals surface area contributed by atoms with Crippen molar-refractivity contribution in [2.45, 2.75) is 38.4 Å². The number of carbonyl (C=O) groups excluding carboxylic acids is 1. The predicted octanol–water partition coefficient (Wildman–Crippen LogP) is 4.80. The van der Waals surface area contributed by atoms with Crippen molar-refractivity contribution >= 4 is 34.4 Å². The molecule has 10 heteroatoms. The Labute approximate surface area is 246 Å². The van der Waals surface area contributed by atoms with E-state index in [-0.39, 0.29) is 24.1 Å². The molecular formula is C31H38ClN7O2. The van der Waals surface area contributed by atoms with Gasteiger partial charge in [-0.25, -0.2) is 9.97 Å². The number of hydrogen-bond acceptors (Lipinski definition) is 7. The van der Waals surface area contributed by atoms with Gasteiger partial charge < -0.3 is 25.3 Å². The topological polar surface area (TPSA) is 98.4 Å². The zero-order valence-electron chi connectivity index (χ0n) is 24.1. The first-order valence-electron chi connectivity index (χ1n) is 13.9. The number of ether oxygens (including phenoxy) is 1. The average Bonchev–Trinajstić information content (AvgIpc) is 3.56. The van der Waals surface area contributed by atoms with Crippen LogP contribution in [0.15, 0.2) is 60.8 Å². The summed E-state index contributed by atoms with van der Waals surface area (Å²) in [5.74, 6) is 1.13. The van der Waals surface area contributed by atoms with Gasteiger partial charge in [0.2, 0.25) is 0 Å². The van der Waals surface area contributed by atoms with E-state index in [0.717, 1.165) is 49.4 Å². The molecule has 0 aliphatic carbocycles. The standard InChI is InChI=1S/C31H38ClN7O2/c1-31(2,20-38(3)4)37-26(40)19-41-24-12-10-22(11-13-24)29-35-28-27(25(32)16-33-30(28)36-29)34-23-14-15-39(18-23)17-21-8-6-5-7-9-21/h5-13,16,23H,14-15,17-20H2,1-4H3,(H,37,40)(H2,33,34,35,36). The van der Waals surface area contributed by atoms with Crippen molar-refractivity contribution in [1.82, 2.24) is 30.1 Å². The molecule has 0 spiro atoms. The van der Waals surface area contributed by atoms with Crippen LogP contribution in [-0.4, -0.2) is 82.6 Å². The molecule has 1 fully saturated rings. The molecule has 0 saturated carbocycles. The molecule has 3 N–H and O–H groups in total. The minimum Gasteiger partial charge on any atom is -0.484 e. The summed E-state index contributed by atoms with van der Waals surface area (Å²) < 4.78 is 5.72. The van der Waals surface area contributed by atoms with Crippen LogP contribution in [0.4, 0.5) is 5.69 Å². The molecule has 4 aromatic rings. The fraction of sp³-hybridized carbons (Fsp3) is 0.387. The molecule has 2 aromatic carbocycles. The van der Waals surface area contributed by atoms with Gasteiger partial charge in [-0.3, -0.25) is 9.69 Å². The van der Waals surface area contributed by atoms with E-state index in [1.54, 1.807) is 6.20 Å². The molecule has 3 heterocycles. The highest BCUT2D eigenvalue weighted by molar-refractivity contribution is 6.34. The van der Waals surface area contributed by atoms with Crippen LogP contribution in [0.2, 0.25) is 5.02 Å². The van der Waals surface area contributed by atoms with Crippen molar-refractivity contribution in [2.75, 3.05) is 45.7 Å². The molecule has 1 amide bonds.